The van der Waals surface area contributed by atoms with Crippen molar-refractivity contribution in [2.24, 2.45) is 4.99 Å². The van der Waals surface area contributed by atoms with E-state index in [1.807, 2.05) is 43.3 Å². The monoisotopic (exact) mass is 376 g/mol. The predicted octanol–water partition coefficient (Wildman–Crippen LogP) is 4.01. The molecule has 3 aromatic rings. The molecular formula is C22H24N4O2. The Hall–Kier alpha value is -3.15. The summed E-state index contributed by atoms with van der Waals surface area (Å²) >= 11 is 0. The average molecular weight is 376 g/mol. The third-order valence-corrected chi connectivity index (χ3v) is 5.34. The van der Waals surface area contributed by atoms with Crippen molar-refractivity contribution < 1.29 is 9.53 Å². The number of nitrogens with two attached hydrogens (primary N) is 1. The summed E-state index contributed by atoms with van der Waals surface area (Å²) in [4.78, 5) is 18.4. The van der Waals surface area contributed by atoms with Crippen LogP contribution in [0.5, 0.6) is 5.75 Å². The quantitative estimate of drug-likeness (QED) is 0.424. The highest BCUT2D eigenvalue weighted by Gasteiger charge is 2.26. The number of anilines is 1. The maximum absolute atomic E-state index is 13.6. The second kappa shape index (κ2) is 7.46. The van der Waals surface area contributed by atoms with E-state index in [-0.39, 0.29) is 17.7 Å². The molecule has 144 valence electrons. The average Bonchev–Trinajstić information content (AvgIpc) is 3.35. The van der Waals surface area contributed by atoms with Crippen molar-refractivity contribution in [3.63, 3.8) is 0 Å². The van der Waals surface area contributed by atoms with E-state index in [1.54, 1.807) is 13.3 Å². The van der Waals surface area contributed by atoms with E-state index in [0.717, 1.165) is 42.0 Å². The molecule has 4 rings (SSSR count). The van der Waals surface area contributed by atoms with Crippen molar-refractivity contribution in [2.75, 3.05) is 12.8 Å². The molecule has 0 aliphatic heterocycles. The van der Waals surface area contributed by atoms with Gasteiger partial charge in [-0.15, -0.1) is 0 Å². The van der Waals surface area contributed by atoms with E-state index in [0.29, 0.717) is 17.1 Å². The summed E-state index contributed by atoms with van der Waals surface area (Å²) in [6, 6.07) is 11.7. The summed E-state index contributed by atoms with van der Waals surface area (Å²) in [5, 5.41) is 6.30. The number of aryl methyl sites for hydroxylation is 1. The Balaban J connectivity index is 1.85. The number of methoxy groups -OCH3 is 1. The summed E-state index contributed by atoms with van der Waals surface area (Å²) in [6.07, 6.45) is 5.87. The normalized spacial score (nSPS) is 15.3. The maximum Gasteiger partial charge on any atom is 0.233 e. The molecule has 0 bridgehead atoms. The second-order valence-corrected chi connectivity index (χ2v) is 7.24. The zero-order chi connectivity index (χ0) is 19.7. The van der Waals surface area contributed by atoms with Crippen LogP contribution in [0.15, 0.2) is 47.6 Å². The number of carbonyl (C=O) groups excluding carboxylic acids is 1. The smallest absolute Gasteiger partial charge is 0.233 e. The van der Waals surface area contributed by atoms with Gasteiger partial charge in [0.1, 0.15) is 11.6 Å². The molecule has 1 aromatic heterocycles. The lowest BCUT2D eigenvalue weighted by Crippen LogP contribution is -2.28. The van der Waals surface area contributed by atoms with Gasteiger partial charge in [-0.3, -0.25) is 9.79 Å². The molecule has 0 unspecified atom stereocenters. The molecule has 0 atom stereocenters. The van der Waals surface area contributed by atoms with Crippen LogP contribution in [0.1, 0.15) is 41.6 Å². The summed E-state index contributed by atoms with van der Waals surface area (Å²) in [6.45, 7) is 1.87. The summed E-state index contributed by atoms with van der Waals surface area (Å²) < 4.78 is 6.99. The molecule has 6 heteroatoms. The second-order valence-electron chi connectivity index (χ2n) is 7.24. The van der Waals surface area contributed by atoms with Gasteiger partial charge in [0, 0.05) is 5.56 Å². The molecule has 2 aromatic carbocycles. The Kier molecular flexibility index (Phi) is 4.86. The van der Waals surface area contributed by atoms with Crippen LogP contribution in [-0.4, -0.2) is 34.6 Å². The van der Waals surface area contributed by atoms with E-state index in [4.69, 9.17) is 15.5 Å². The number of carbonyl (C=O) groups is 1. The van der Waals surface area contributed by atoms with Crippen molar-refractivity contribution >= 4 is 28.2 Å². The topological polar surface area (TPSA) is 82.5 Å². The highest BCUT2D eigenvalue weighted by molar-refractivity contribution is 6.46. The molecule has 0 amide bonds. The van der Waals surface area contributed by atoms with Gasteiger partial charge in [-0.2, -0.15) is 9.78 Å². The van der Waals surface area contributed by atoms with Crippen molar-refractivity contribution in [3.05, 3.63) is 53.7 Å². The zero-order valence-corrected chi connectivity index (χ0v) is 16.2. The minimum atomic E-state index is -0.232. The van der Waals surface area contributed by atoms with Gasteiger partial charge in [0.15, 0.2) is 5.84 Å². The van der Waals surface area contributed by atoms with E-state index in [9.17, 15) is 4.79 Å². The van der Waals surface area contributed by atoms with Crippen LogP contribution in [0.25, 0.3) is 10.8 Å². The van der Waals surface area contributed by atoms with Crippen LogP contribution in [0.4, 0.5) is 5.82 Å². The Morgan fingerprint density at radius 1 is 1.21 bits per heavy atom. The highest BCUT2D eigenvalue weighted by Crippen LogP contribution is 2.28. The fraction of sp³-hybridized carbons (Fsp3) is 0.318. The van der Waals surface area contributed by atoms with Gasteiger partial charge in [-0.1, -0.05) is 37.1 Å². The Morgan fingerprint density at radius 3 is 2.50 bits per heavy atom. The third kappa shape index (κ3) is 3.26. The number of benzene rings is 2. The van der Waals surface area contributed by atoms with E-state index in [2.05, 4.69) is 5.10 Å². The van der Waals surface area contributed by atoms with E-state index < -0.39 is 0 Å². The largest absolute Gasteiger partial charge is 0.496 e. The lowest BCUT2D eigenvalue weighted by molar-refractivity contribution is 0.105. The molecule has 1 heterocycles. The minimum Gasteiger partial charge on any atom is -0.496 e. The van der Waals surface area contributed by atoms with Crippen LogP contribution in [0.2, 0.25) is 0 Å². The molecule has 1 saturated carbocycles. The minimum absolute atomic E-state index is 0.120. The van der Waals surface area contributed by atoms with Gasteiger partial charge in [-0.05, 0) is 42.7 Å². The fourth-order valence-corrected chi connectivity index (χ4v) is 3.71. The number of nitrogen functional groups attached to an aromatic ring is 1. The number of ether oxygens (including phenoxy) is 1. The Morgan fingerprint density at radius 2 is 1.89 bits per heavy atom. The zero-order valence-electron chi connectivity index (χ0n) is 16.2. The number of hydrogen-bond donors (Lipinski definition) is 1. The summed E-state index contributed by atoms with van der Waals surface area (Å²) in [5.41, 5.74) is 7.47. The first kappa shape index (κ1) is 18.2. The molecule has 0 saturated heterocycles. The van der Waals surface area contributed by atoms with Crippen molar-refractivity contribution in [3.8, 4) is 5.75 Å². The molecule has 0 spiro atoms. The van der Waals surface area contributed by atoms with Crippen LogP contribution >= 0.6 is 0 Å². The predicted molar refractivity (Wildman–Crippen MR) is 111 cm³/mol. The molecular weight excluding hydrogens is 352 g/mol. The molecule has 1 aliphatic rings. The Labute approximate surface area is 164 Å². The number of rotatable bonds is 4. The number of nitrogens with zero attached hydrogens (tertiary/aromatic N) is 3. The van der Waals surface area contributed by atoms with Crippen molar-refractivity contribution in [2.45, 2.75) is 38.6 Å². The van der Waals surface area contributed by atoms with Gasteiger partial charge in [0.25, 0.3) is 0 Å². The molecule has 0 radical (unpaired) electrons. The van der Waals surface area contributed by atoms with Crippen LogP contribution in [-0.2, 0) is 0 Å². The van der Waals surface area contributed by atoms with Gasteiger partial charge >= 0.3 is 0 Å². The number of Topliss-reactive ketones (excluding diaryl/α,β-unsaturated/α-hetero) is 1. The first-order valence-corrected chi connectivity index (χ1v) is 9.58. The van der Waals surface area contributed by atoms with Gasteiger partial charge in [-0.25, -0.2) is 0 Å². The first-order chi connectivity index (χ1) is 13.6. The van der Waals surface area contributed by atoms with Gasteiger partial charge in [0.05, 0.1) is 24.9 Å². The fourth-order valence-electron chi connectivity index (χ4n) is 3.71. The van der Waals surface area contributed by atoms with Crippen LogP contribution in [0, 0.1) is 6.92 Å². The molecule has 2 N–H and O–H groups in total. The van der Waals surface area contributed by atoms with Crippen LogP contribution < -0.4 is 10.5 Å². The summed E-state index contributed by atoms with van der Waals surface area (Å²) in [5.74, 6) is 0.977. The van der Waals surface area contributed by atoms with Crippen molar-refractivity contribution in [1.29, 1.82) is 0 Å². The first-order valence-electron chi connectivity index (χ1n) is 9.58. The number of aromatic nitrogens is 2. The molecule has 6 nitrogen and oxygen atoms in total. The van der Waals surface area contributed by atoms with Crippen molar-refractivity contribution in [1.82, 2.24) is 9.78 Å². The van der Waals surface area contributed by atoms with E-state index >= 15 is 0 Å². The van der Waals surface area contributed by atoms with Crippen LogP contribution in [0.3, 0.4) is 0 Å². The standard InChI is InChI=1S/C22H24N4O2/c1-14-13-24-26(21(14)23)22(25-17-9-5-6-10-17)20(27)18-11-15-7-3-4-8-16(15)12-19(18)28-2/h3-4,7-8,11-13,17H,5-6,9-10,23H2,1-2H3/b25-22+. The van der Waals surface area contributed by atoms with Gasteiger partial charge in [0.2, 0.25) is 5.78 Å². The van der Waals surface area contributed by atoms with Gasteiger partial charge < -0.3 is 10.5 Å². The molecule has 28 heavy (non-hydrogen) atoms. The third-order valence-electron chi connectivity index (χ3n) is 5.34. The Bertz CT molecular complexity index is 1060. The molecule has 1 aliphatic carbocycles. The number of hydrogen-bond acceptors (Lipinski definition) is 5. The summed E-state index contributed by atoms with van der Waals surface area (Å²) in [7, 11) is 1.57. The highest BCUT2D eigenvalue weighted by atomic mass is 16.5. The maximum atomic E-state index is 13.6. The number of fused-ring (bicyclic) bond motifs is 1. The number of ketones is 1. The lowest BCUT2D eigenvalue weighted by Gasteiger charge is -2.14. The SMILES string of the molecule is COc1cc2ccccc2cc1C(=O)/C(=N\C1CCCC1)n1ncc(C)c1N. The lowest BCUT2D eigenvalue weighted by atomic mass is 10.0. The number of aliphatic imine (C=N–C) groups is 1. The van der Waals surface area contributed by atoms with E-state index in [1.165, 1.54) is 4.68 Å². The molecule has 1 fully saturated rings.